The van der Waals surface area contributed by atoms with Gasteiger partial charge in [-0.1, -0.05) is 48.0 Å². The third kappa shape index (κ3) is 7.08. The normalized spacial score (nSPS) is 11.3. The standard InChI is InChI=1S/C26H29FN2O3S2/c1-20-11-13-24(14-12-20)34(31,32)29(23-9-5-7-21(2)17-23)18-26(30)28-15-6-16-33-19-22-8-3-4-10-25(22)27/h3-5,7-14,17H,6,15-16,18-19H2,1-2H3,(H,28,30). The SMILES string of the molecule is Cc1ccc(S(=O)(=O)N(CC(=O)NCCCSCc2ccccc2F)c2cccc(C)c2)cc1. The summed E-state index contributed by atoms with van der Waals surface area (Å²) in [7, 11) is -3.92. The van der Waals surface area contributed by atoms with Gasteiger partial charge in [0.1, 0.15) is 12.4 Å². The van der Waals surface area contributed by atoms with Crippen molar-refractivity contribution in [3.8, 4) is 0 Å². The smallest absolute Gasteiger partial charge is 0.264 e. The highest BCUT2D eigenvalue weighted by atomic mass is 32.2. The van der Waals surface area contributed by atoms with Gasteiger partial charge in [-0.05, 0) is 67.5 Å². The molecule has 180 valence electrons. The Labute approximate surface area is 205 Å². The number of sulfonamides is 1. The van der Waals surface area contributed by atoms with Crippen molar-refractivity contribution in [2.24, 2.45) is 0 Å². The third-order valence-corrected chi connectivity index (χ3v) is 8.07. The zero-order valence-corrected chi connectivity index (χ0v) is 21.0. The number of amides is 1. The van der Waals surface area contributed by atoms with Crippen molar-refractivity contribution in [2.45, 2.75) is 30.9 Å². The predicted octanol–water partition coefficient (Wildman–Crippen LogP) is 5.08. The summed E-state index contributed by atoms with van der Waals surface area (Å²) in [6.07, 6.45) is 0.694. The Kier molecular flexibility index (Phi) is 9.12. The van der Waals surface area contributed by atoms with Crippen LogP contribution in [0.1, 0.15) is 23.1 Å². The van der Waals surface area contributed by atoms with Gasteiger partial charge in [0, 0.05) is 12.3 Å². The van der Waals surface area contributed by atoms with Crippen LogP contribution in [0.25, 0.3) is 0 Å². The molecular weight excluding hydrogens is 471 g/mol. The molecule has 0 heterocycles. The Bertz CT molecular complexity index is 1210. The van der Waals surface area contributed by atoms with Gasteiger partial charge >= 0.3 is 0 Å². The first kappa shape index (κ1) is 25.8. The molecule has 3 rings (SSSR count). The van der Waals surface area contributed by atoms with E-state index < -0.39 is 10.0 Å². The maximum Gasteiger partial charge on any atom is 0.264 e. The van der Waals surface area contributed by atoms with E-state index in [9.17, 15) is 17.6 Å². The molecule has 1 N–H and O–H groups in total. The van der Waals surface area contributed by atoms with Crippen molar-refractivity contribution < 1.29 is 17.6 Å². The monoisotopic (exact) mass is 500 g/mol. The van der Waals surface area contributed by atoms with Gasteiger partial charge < -0.3 is 5.32 Å². The first-order valence-electron chi connectivity index (χ1n) is 11.0. The average molecular weight is 501 g/mol. The molecular formula is C26H29FN2O3S2. The van der Waals surface area contributed by atoms with Crippen molar-refractivity contribution in [1.82, 2.24) is 5.32 Å². The second-order valence-electron chi connectivity index (χ2n) is 8.01. The largest absolute Gasteiger partial charge is 0.354 e. The minimum Gasteiger partial charge on any atom is -0.354 e. The van der Waals surface area contributed by atoms with E-state index >= 15 is 0 Å². The molecule has 1 amide bonds. The van der Waals surface area contributed by atoms with Crippen LogP contribution in [0, 0.1) is 19.7 Å². The van der Waals surface area contributed by atoms with E-state index in [4.69, 9.17) is 0 Å². The fourth-order valence-corrected chi connectivity index (χ4v) is 5.68. The van der Waals surface area contributed by atoms with Crippen molar-refractivity contribution in [2.75, 3.05) is 23.1 Å². The lowest BCUT2D eigenvalue weighted by Gasteiger charge is -2.24. The minimum absolute atomic E-state index is 0.136. The number of carbonyl (C=O) groups excluding carboxylic acids is 1. The minimum atomic E-state index is -3.92. The molecule has 0 unspecified atom stereocenters. The van der Waals surface area contributed by atoms with Crippen LogP contribution in [0.3, 0.4) is 0 Å². The van der Waals surface area contributed by atoms with Gasteiger partial charge in [-0.2, -0.15) is 11.8 Å². The molecule has 0 bridgehead atoms. The van der Waals surface area contributed by atoms with Crippen molar-refractivity contribution >= 4 is 33.4 Å². The Morgan fingerprint density at radius 2 is 1.71 bits per heavy atom. The number of aryl methyl sites for hydroxylation is 2. The number of benzene rings is 3. The predicted molar refractivity (Wildman–Crippen MR) is 137 cm³/mol. The van der Waals surface area contributed by atoms with Gasteiger partial charge in [-0.15, -0.1) is 0 Å². The van der Waals surface area contributed by atoms with Gasteiger partial charge in [0.15, 0.2) is 0 Å². The highest BCUT2D eigenvalue weighted by Gasteiger charge is 2.27. The molecule has 0 saturated carbocycles. The Balaban J connectivity index is 1.59. The first-order chi connectivity index (χ1) is 16.3. The van der Waals surface area contributed by atoms with Gasteiger partial charge in [0.05, 0.1) is 10.6 Å². The van der Waals surface area contributed by atoms with Crippen LogP contribution in [-0.4, -0.2) is 33.2 Å². The number of rotatable bonds is 11. The van der Waals surface area contributed by atoms with Gasteiger partial charge in [0.25, 0.3) is 10.0 Å². The number of anilines is 1. The summed E-state index contributed by atoms with van der Waals surface area (Å²) in [4.78, 5) is 12.8. The molecule has 5 nitrogen and oxygen atoms in total. The van der Waals surface area contributed by atoms with Gasteiger partial charge in [0.2, 0.25) is 5.91 Å². The molecule has 0 spiro atoms. The molecule has 0 radical (unpaired) electrons. The van der Waals surface area contributed by atoms with Crippen molar-refractivity contribution in [3.63, 3.8) is 0 Å². The fourth-order valence-electron chi connectivity index (χ4n) is 3.32. The molecule has 0 aliphatic heterocycles. The molecule has 0 aliphatic rings. The Morgan fingerprint density at radius 3 is 2.41 bits per heavy atom. The van der Waals surface area contributed by atoms with Crippen LogP contribution in [0.2, 0.25) is 0 Å². The molecule has 0 atom stereocenters. The molecule has 3 aromatic rings. The molecule has 0 fully saturated rings. The average Bonchev–Trinajstić information content (AvgIpc) is 2.81. The second-order valence-corrected chi connectivity index (χ2v) is 11.0. The van der Waals surface area contributed by atoms with E-state index in [0.29, 0.717) is 30.0 Å². The Morgan fingerprint density at radius 1 is 0.971 bits per heavy atom. The van der Waals surface area contributed by atoms with Crippen molar-refractivity contribution in [3.05, 3.63) is 95.3 Å². The third-order valence-electron chi connectivity index (χ3n) is 5.19. The summed E-state index contributed by atoms with van der Waals surface area (Å²) in [6, 6.07) is 20.3. The second kappa shape index (κ2) is 12.0. The summed E-state index contributed by atoms with van der Waals surface area (Å²) >= 11 is 1.59. The lowest BCUT2D eigenvalue weighted by molar-refractivity contribution is -0.119. The summed E-state index contributed by atoms with van der Waals surface area (Å²) in [6.45, 7) is 3.85. The van der Waals surface area contributed by atoms with E-state index in [-0.39, 0.29) is 23.2 Å². The maximum atomic E-state index is 13.7. The van der Waals surface area contributed by atoms with Crippen LogP contribution in [0.5, 0.6) is 0 Å². The number of halogens is 1. The zero-order valence-electron chi connectivity index (χ0n) is 19.3. The van der Waals surface area contributed by atoms with Crippen molar-refractivity contribution in [1.29, 1.82) is 0 Å². The summed E-state index contributed by atoms with van der Waals surface area (Å²) < 4.78 is 41.6. The number of hydrogen-bond donors (Lipinski definition) is 1. The van der Waals surface area contributed by atoms with E-state index in [1.54, 1.807) is 66.4 Å². The highest BCUT2D eigenvalue weighted by Crippen LogP contribution is 2.24. The molecule has 8 heteroatoms. The summed E-state index contributed by atoms with van der Waals surface area (Å²) in [5.74, 6) is 0.722. The van der Waals surface area contributed by atoms with Crippen LogP contribution in [-0.2, 0) is 20.6 Å². The Hall–Kier alpha value is -2.84. The maximum absolute atomic E-state index is 13.7. The zero-order chi connectivity index (χ0) is 24.6. The van der Waals surface area contributed by atoms with Gasteiger partial charge in [-0.25, -0.2) is 12.8 Å². The number of thioether (sulfide) groups is 1. The fraction of sp³-hybridized carbons (Fsp3) is 0.269. The summed E-state index contributed by atoms with van der Waals surface area (Å²) in [5.41, 5.74) is 2.95. The van der Waals surface area contributed by atoms with Crippen LogP contribution < -0.4 is 9.62 Å². The quantitative estimate of drug-likeness (QED) is 0.373. The van der Waals surface area contributed by atoms with Crippen LogP contribution in [0.4, 0.5) is 10.1 Å². The molecule has 0 saturated heterocycles. The van der Waals surface area contributed by atoms with E-state index in [1.165, 1.54) is 6.07 Å². The molecule has 0 aromatic heterocycles. The van der Waals surface area contributed by atoms with E-state index in [0.717, 1.165) is 21.2 Å². The van der Waals surface area contributed by atoms with Crippen LogP contribution >= 0.6 is 11.8 Å². The number of nitrogens with one attached hydrogen (secondary N) is 1. The lowest BCUT2D eigenvalue weighted by Crippen LogP contribution is -2.41. The first-order valence-corrected chi connectivity index (χ1v) is 13.6. The van der Waals surface area contributed by atoms with E-state index in [2.05, 4.69) is 5.32 Å². The molecule has 3 aromatic carbocycles. The summed E-state index contributed by atoms with van der Waals surface area (Å²) in [5, 5.41) is 2.81. The highest BCUT2D eigenvalue weighted by molar-refractivity contribution is 7.98. The van der Waals surface area contributed by atoms with E-state index in [1.807, 2.05) is 26.0 Å². The van der Waals surface area contributed by atoms with Crippen LogP contribution in [0.15, 0.2) is 77.7 Å². The molecule has 0 aliphatic carbocycles. The van der Waals surface area contributed by atoms with Gasteiger partial charge in [-0.3, -0.25) is 9.10 Å². The molecule has 34 heavy (non-hydrogen) atoms. The lowest BCUT2D eigenvalue weighted by atomic mass is 10.2. The number of hydrogen-bond acceptors (Lipinski definition) is 4. The number of nitrogens with zero attached hydrogens (tertiary/aromatic N) is 1. The topological polar surface area (TPSA) is 66.5 Å². The number of carbonyl (C=O) groups is 1.